The minimum Gasteiger partial charge on any atom is -0.491 e. The van der Waals surface area contributed by atoms with E-state index in [2.05, 4.69) is 46.6 Å². The van der Waals surface area contributed by atoms with E-state index < -0.39 is 0 Å². The summed E-state index contributed by atoms with van der Waals surface area (Å²) in [5.41, 5.74) is 3.70. The third kappa shape index (κ3) is 5.06. The molecule has 1 heterocycles. The molecular formula is C26H34N2O4S. The molecule has 33 heavy (non-hydrogen) atoms. The van der Waals surface area contributed by atoms with Crippen LogP contribution in [0.1, 0.15) is 35.6 Å². The van der Waals surface area contributed by atoms with Gasteiger partial charge in [0.05, 0.1) is 24.5 Å². The van der Waals surface area contributed by atoms with Crippen LogP contribution in [0.15, 0.2) is 48.5 Å². The molecule has 2 aromatic rings. The highest BCUT2D eigenvalue weighted by Gasteiger charge is 2.53. The molecule has 1 saturated heterocycles. The predicted molar refractivity (Wildman–Crippen MR) is 132 cm³/mol. The number of carbonyl (C=O) groups is 1. The Morgan fingerprint density at radius 1 is 1.18 bits per heavy atom. The Hall–Kier alpha value is -2.06. The topological polar surface area (TPSA) is 71.0 Å². The second-order valence-electron chi connectivity index (χ2n) is 8.87. The predicted octanol–water partition coefficient (Wildman–Crippen LogP) is 3.14. The molecule has 1 fully saturated rings. The largest absolute Gasteiger partial charge is 0.491 e. The SMILES string of the molecule is CO[C@@H]1[C@@H](NC(=O)CSC)c2ccccc2C12CCN(Cc1ccc(OCCO)cc1)CC2. The van der Waals surface area contributed by atoms with Crippen molar-refractivity contribution in [3.63, 3.8) is 0 Å². The van der Waals surface area contributed by atoms with Crippen molar-refractivity contribution in [1.29, 1.82) is 0 Å². The highest BCUT2D eigenvalue weighted by Crippen LogP contribution is 2.52. The molecule has 0 radical (unpaired) electrons. The summed E-state index contributed by atoms with van der Waals surface area (Å²) in [6, 6.07) is 16.5. The Labute approximate surface area is 200 Å². The van der Waals surface area contributed by atoms with E-state index in [4.69, 9.17) is 14.6 Å². The van der Waals surface area contributed by atoms with Crippen LogP contribution in [-0.4, -0.2) is 67.4 Å². The summed E-state index contributed by atoms with van der Waals surface area (Å²) in [4.78, 5) is 15.0. The molecule has 0 saturated carbocycles. The molecule has 2 N–H and O–H groups in total. The monoisotopic (exact) mass is 470 g/mol. The van der Waals surface area contributed by atoms with Gasteiger partial charge in [-0.2, -0.15) is 11.8 Å². The van der Waals surface area contributed by atoms with Crippen LogP contribution in [0.3, 0.4) is 0 Å². The normalized spacial score (nSPS) is 21.7. The Morgan fingerprint density at radius 2 is 1.91 bits per heavy atom. The van der Waals surface area contributed by atoms with Gasteiger partial charge in [-0.25, -0.2) is 0 Å². The van der Waals surface area contributed by atoms with Gasteiger partial charge >= 0.3 is 0 Å². The number of aliphatic hydroxyl groups is 1. The molecular weight excluding hydrogens is 436 g/mol. The van der Waals surface area contributed by atoms with Crippen LogP contribution in [0, 0.1) is 0 Å². The molecule has 0 unspecified atom stereocenters. The number of carbonyl (C=O) groups excluding carboxylic acids is 1. The van der Waals surface area contributed by atoms with Gasteiger partial charge in [0.1, 0.15) is 12.4 Å². The van der Waals surface area contributed by atoms with E-state index in [9.17, 15) is 4.79 Å². The lowest BCUT2D eigenvalue weighted by molar-refractivity contribution is -0.121. The molecule has 6 nitrogen and oxygen atoms in total. The quantitative estimate of drug-likeness (QED) is 0.587. The number of rotatable bonds is 9. The average molecular weight is 471 g/mol. The third-order valence-corrected chi connectivity index (χ3v) is 7.51. The zero-order chi connectivity index (χ0) is 23.3. The maximum Gasteiger partial charge on any atom is 0.230 e. The minimum absolute atomic E-state index is 0.0188. The molecule has 2 aromatic carbocycles. The standard InChI is InChI=1S/C26H34N2O4S/c1-31-25-24(27-23(30)18-33-2)21-5-3-4-6-22(21)26(25)11-13-28(14-12-26)17-19-7-9-20(10-8-19)32-16-15-29/h3-10,24-25,29H,11-18H2,1-2H3,(H,27,30)/t24-,25+/m0/s1. The molecule has 1 spiro atoms. The van der Waals surface area contributed by atoms with Gasteiger partial charge in [0.25, 0.3) is 0 Å². The number of piperidine rings is 1. The zero-order valence-corrected chi connectivity index (χ0v) is 20.3. The van der Waals surface area contributed by atoms with Crippen molar-refractivity contribution in [2.75, 3.05) is 45.4 Å². The fraction of sp³-hybridized carbons (Fsp3) is 0.500. The summed E-state index contributed by atoms with van der Waals surface area (Å²) in [6.45, 7) is 3.17. The van der Waals surface area contributed by atoms with Crippen molar-refractivity contribution in [3.8, 4) is 5.75 Å². The Morgan fingerprint density at radius 3 is 2.58 bits per heavy atom. The number of aliphatic hydroxyl groups excluding tert-OH is 1. The lowest BCUT2D eigenvalue weighted by atomic mass is 9.72. The van der Waals surface area contributed by atoms with Gasteiger partial charge in [-0.05, 0) is 61.0 Å². The molecule has 4 rings (SSSR count). The lowest BCUT2D eigenvalue weighted by Crippen LogP contribution is -2.50. The lowest BCUT2D eigenvalue weighted by Gasteiger charge is -2.44. The van der Waals surface area contributed by atoms with Gasteiger partial charge in [0.2, 0.25) is 5.91 Å². The summed E-state index contributed by atoms with van der Waals surface area (Å²) in [5.74, 6) is 1.30. The molecule has 0 aromatic heterocycles. The number of ether oxygens (including phenoxy) is 2. The molecule has 0 bridgehead atoms. The van der Waals surface area contributed by atoms with E-state index >= 15 is 0 Å². The Balaban J connectivity index is 1.46. The number of thioether (sulfide) groups is 1. The second kappa shape index (κ2) is 10.9. The van der Waals surface area contributed by atoms with Gasteiger partial charge in [0.15, 0.2) is 0 Å². The van der Waals surface area contributed by atoms with Crippen LogP contribution in [0.2, 0.25) is 0 Å². The van der Waals surface area contributed by atoms with Crippen LogP contribution < -0.4 is 10.1 Å². The van der Waals surface area contributed by atoms with Crippen molar-refractivity contribution in [3.05, 3.63) is 65.2 Å². The maximum absolute atomic E-state index is 12.5. The van der Waals surface area contributed by atoms with Crippen molar-refractivity contribution in [2.24, 2.45) is 0 Å². The van der Waals surface area contributed by atoms with Gasteiger partial charge in [-0.1, -0.05) is 36.4 Å². The van der Waals surface area contributed by atoms with E-state index in [1.807, 2.05) is 18.4 Å². The van der Waals surface area contributed by atoms with Crippen LogP contribution in [0.5, 0.6) is 5.75 Å². The molecule has 1 amide bonds. The van der Waals surface area contributed by atoms with E-state index in [1.165, 1.54) is 28.5 Å². The minimum atomic E-state index is -0.108. The fourth-order valence-corrected chi connectivity index (χ4v) is 5.84. The number of hydrogen-bond acceptors (Lipinski definition) is 6. The number of nitrogens with zero attached hydrogens (tertiary/aromatic N) is 1. The fourth-order valence-electron chi connectivity index (χ4n) is 5.50. The zero-order valence-electron chi connectivity index (χ0n) is 19.5. The third-order valence-electron chi connectivity index (χ3n) is 6.96. The molecule has 178 valence electrons. The Bertz CT molecular complexity index is 928. The van der Waals surface area contributed by atoms with E-state index in [0.717, 1.165) is 38.2 Å². The first kappa shape index (κ1) is 24.1. The molecule has 7 heteroatoms. The first-order valence-corrected chi connectivity index (χ1v) is 13.0. The first-order valence-electron chi connectivity index (χ1n) is 11.6. The average Bonchev–Trinajstić information content (AvgIpc) is 3.09. The van der Waals surface area contributed by atoms with Gasteiger partial charge in [-0.3, -0.25) is 9.69 Å². The number of likely N-dealkylation sites (tertiary alicyclic amines) is 1. The van der Waals surface area contributed by atoms with Gasteiger partial charge < -0.3 is 19.9 Å². The van der Waals surface area contributed by atoms with E-state index in [1.54, 1.807) is 7.11 Å². The van der Waals surface area contributed by atoms with E-state index in [-0.39, 0.29) is 30.1 Å². The summed E-state index contributed by atoms with van der Waals surface area (Å²) < 4.78 is 11.6. The van der Waals surface area contributed by atoms with Gasteiger partial charge in [0, 0.05) is 19.1 Å². The molecule has 2 aliphatic rings. The van der Waals surface area contributed by atoms with Gasteiger partial charge in [-0.15, -0.1) is 0 Å². The van der Waals surface area contributed by atoms with Crippen LogP contribution in [0.25, 0.3) is 0 Å². The molecule has 1 aliphatic heterocycles. The van der Waals surface area contributed by atoms with Crippen molar-refractivity contribution in [1.82, 2.24) is 10.2 Å². The highest BCUT2D eigenvalue weighted by molar-refractivity contribution is 7.99. The second-order valence-corrected chi connectivity index (χ2v) is 9.74. The number of benzene rings is 2. The summed E-state index contributed by atoms with van der Waals surface area (Å²) >= 11 is 1.54. The van der Waals surface area contributed by atoms with Crippen molar-refractivity contribution in [2.45, 2.75) is 36.9 Å². The van der Waals surface area contributed by atoms with Crippen molar-refractivity contribution < 1.29 is 19.4 Å². The molecule has 2 atom stereocenters. The smallest absolute Gasteiger partial charge is 0.230 e. The summed E-state index contributed by atoms with van der Waals surface area (Å²) in [7, 11) is 1.78. The number of nitrogens with one attached hydrogen (secondary N) is 1. The van der Waals surface area contributed by atoms with Crippen molar-refractivity contribution >= 4 is 17.7 Å². The van der Waals surface area contributed by atoms with E-state index in [0.29, 0.717) is 12.4 Å². The Kier molecular flexibility index (Phi) is 7.96. The summed E-state index contributed by atoms with van der Waals surface area (Å²) in [5, 5.41) is 12.2. The number of hydrogen-bond donors (Lipinski definition) is 2. The van der Waals surface area contributed by atoms with Crippen LogP contribution in [-0.2, 0) is 21.5 Å². The number of methoxy groups -OCH3 is 1. The highest BCUT2D eigenvalue weighted by atomic mass is 32.2. The number of amides is 1. The molecule has 1 aliphatic carbocycles. The van der Waals surface area contributed by atoms with Crippen LogP contribution >= 0.6 is 11.8 Å². The summed E-state index contributed by atoms with van der Waals surface area (Å²) in [6.07, 6.45) is 3.87. The first-order chi connectivity index (χ1) is 16.1. The number of fused-ring (bicyclic) bond motifs is 2. The van der Waals surface area contributed by atoms with Crippen LogP contribution in [0.4, 0.5) is 0 Å². The maximum atomic E-state index is 12.5.